The van der Waals surface area contributed by atoms with E-state index in [9.17, 15) is 9.59 Å². The summed E-state index contributed by atoms with van der Waals surface area (Å²) in [6.07, 6.45) is 7.07. The third-order valence-electron chi connectivity index (χ3n) is 4.50. The monoisotopic (exact) mass is 362 g/mol. The second kappa shape index (κ2) is 7.36. The van der Waals surface area contributed by atoms with E-state index in [4.69, 9.17) is 0 Å². The highest BCUT2D eigenvalue weighted by molar-refractivity contribution is 5.94. The molecule has 0 radical (unpaired) electrons. The van der Waals surface area contributed by atoms with Gasteiger partial charge in [-0.3, -0.25) is 9.59 Å². The fraction of sp³-hybridized carbons (Fsp3) is 0.211. The van der Waals surface area contributed by atoms with Crippen molar-refractivity contribution < 1.29 is 4.79 Å². The maximum absolute atomic E-state index is 12.7. The number of aromatic amines is 1. The van der Waals surface area contributed by atoms with Crippen molar-refractivity contribution in [2.75, 3.05) is 13.1 Å². The smallest absolute Gasteiger partial charge is 0.263 e. The number of nitrogens with zero attached hydrogens (tertiary/aromatic N) is 5. The molecule has 0 unspecified atom stereocenters. The normalized spacial score (nSPS) is 14.1. The molecule has 0 spiro atoms. The van der Waals surface area contributed by atoms with Gasteiger partial charge in [-0.1, -0.05) is 36.4 Å². The van der Waals surface area contributed by atoms with Gasteiger partial charge in [-0.05, 0) is 17.6 Å². The summed E-state index contributed by atoms with van der Waals surface area (Å²) >= 11 is 0. The Morgan fingerprint density at radius 1 is 1.22 bits per heavy atom. The minimum atomic E-state index is -0.442. The van der Waals surface area contributed by atoms with Crippen molar-refractivity contribution >= 4 is 11.5 Å². The van der Waals surface area contributed by atoms with E-state index < -0.39 is 5.56 Å². The van der Waals surface area contributed by atoms with Crippen LogP contribution in [0.4, 0.5) is 0 Å². The number of hydrogen-bond donors (Lipinski definition) is 1. The van der Waals surface area contributed by atoms with Crippen LogP contribution in [0.5, 0.6) is 0 Å². The predicted molar refractivity (Wildman–Crippen MR) is 98.9 cm³/mol. The Morgan fingerprint density at radius 2 is 2.07 bits per heavy atom. The third-order valence-corrected chi connectivity index (χ3v) is 4.50. The number of hydrogen-bond acceptors (Lipinski definition) is 5. The van der Waals surface area contributed by atoms with E-state index >= 15 is 0 Å². The van der Waals surface area contributed by atoms with E-state index in [0.717, 1.165) is 6.42 Å². The Morgan fingerprint density at radius 3 is 2.74 bits per heavy atom. The van der Waals surface area contributed by atoms with Crippen molar-refractivity contribution in [3.8, 4) is 0 Å². The van der Waals surface area contributed by atoms with Crippen LogP contribution in [0.1, 0.15) is 28.2 Å². The molecule has 1 N–H and O–H groups in total. The molecule has 27 heavy (non-hydrogen) atoms. The third kappa shape index (κ3) is 3.69. The van der Waals surface area contributed by atoms with E-state index in [-0.39, 0.29) is 18.0 Å². The summed E-state index contributed by atoms with van der Waals surface area (Å²) < 4.78 is 1.54. The molecule has 1 aliphatic heterocycles. The van der Waals surface area contributed by atoms with Gasteiger partial charge in [0.1, 0.15) is 30.6 Å². The number of amides is 1. The molecule has 2 aromatic heterocycles. The Kier molecular flexibility index (Phi) is 4.61. The molecule has 0 aliphatic carbocycles. The van der Waals surface area contributed by atoms with Crippen LogP contribution in [0, 0.1) is 0 Å². The lowest BCUT2D eigenvalue weighted by atomic mass is 9.99. The standard InChI is InChI=1S/C19H18N6O2/c26-18-16(10-21-17(23-18)11-25-13-20-12-22-25)19(27)24-8-6-15(7-9-24)14-4-2-1-3-5-14/h1-6,10,12-13H,7-9,11H2,(H,21,23,26). The van der Waals surface area contributed by atoms with Crippen LogP contribution in [0.2, 0.25) is 0 Å². The largest absolute Gasteiger partial charge is 0.334 e. The average Bonchev–Trinajstić information content (AvgIpc) is 3.21. The minimum Gasteiger partial charge on any atom is -0.334 e. The number of carbonyl (C=O) groups excluding carboxylic acids is 1. The maximum Gasteiger partial charge on any atom is 0.263 e. The van der Waals surface area contributed by atoms with Crippen LogP contribution in [0.15, 0.2) is 60.1 Å². The van der Waals surface area contributed by atoms with Gasteiger partial charge in [0.05, 0.1) is 0 Å². The average molecular weight is 362 g/mol. The molecule has 4 rings (SSSR count). The number of aromatic nitrogens is 5. The fourth-order valence-corrected chi connectivity index (χ4v) is 3.07. The Balaban J connectivity index is 1.47. The predicted octanol–water partition coefficient (Wildman–Crippen LogP) is 1.34. The SMILES string of the molecule is O=C(c1cnc(Cn2cncn2)[nH]c1=O)N1CC=C(c2ccccc2)CC1. The van der Waals surface area contributed by atoms with Crippen molar-refractivity contribution in [1.82, 2.24) is 29.6 Å². The summed E-state index contributed by atoms with van der Waals surface area (Å²) in [7, 11) is 0. The van der Waals surface area contributed by atoms with Gasteiger partial charge < -0.3 is 9.88 Å². The molecule has 0 saturated heterocycles. The van der Waals surface area contributed by atoms with E-state index in [0.29, 0.717) is 18.9 Å². The van der Waals surface area contributed by atoms with Crippen LogP contribution in [-0.4, -0.2) is 48.6 Å². The summed E-state index contributed by atoms with van der Waals surface area (Å²) in [5.41, 5.74) is 1.99. The quantitative estimate of drug-likeness (QED) is 0.755. The first-order chi connectivity index (χ1) is 13.2. The number of H-pyrrole nitrogens is 1. The highest BCUT2D eigenvalue weighted by Gasteiger charge is 2.22. The molecule has 3 heterocycles. The maximum atomic E-state index is 12.7. The molecular weight excluding hydrogens is 344 g/mol. The number of carbonyl (C=O) groups is 1. The first-order valence-electron chi connectivity index (χ1n) is 8.65. The summed E-state index contributed by atoms with van der Waals surface area (Å²) in [5, 5.41) is 3.97. The Labute approximate surface area is 155 Å². The topological polar surface area (TPSA) is 96.8 Å². The molecule has 136 valence electrons. The van der Waals surface area contributed by atoms with E-state index in [1.807, 2.05) is 24.3 Å². The number of benzene rings is 1. The minimum absolute atomic E-state index is 0.0499. The highest BCUT2D eigenvalue weighted by Crippen LogP contribution is 2.22. The van der Waals surface area contributed by atoms with Crippen LogP contribution in [0.25, 0.3) is 5.57 Å². The van der Waals surface area contributed by atoms with E-state index in [1.54, 1.807) is 9.58 Å². The molecule has 0 fully saturated rings. The van der Waals surface area contributed by atoms with Crippen LogP contribution >= 0.6 is 0 Å². The summed E-state index contributed by atoms with van der Waals surface area (Å²) in [4.78, 5) is 37.4. The Hall–Kier alpha value is -3.55. The van der Waals surface area contributed by atoms with Gasteiger partial charge in [0, 0.05) is 19.3 Å². The second-order valence-corrected chi connectivity index (χ2v) is 6.26. The van der Waals surface area contributed by atoms with Crippen molar-refractivity contribution in [1.29, 1.82) is 0 Å². The first-order valence-corrected chi connectivity index (χ1v) is 8.65. The molecule has 1 aromatic carbocycles. The van der Waals surface area contributed by atoms with E-state index in [2.05, 4.69) is 32.2 Å². The summed E-state index contributed by atoms with van der Waals surface area (Å²) in [6.45, 7) is 1.33. The molecule has 0 atom stereocenters. The zero-order valence-corrected chi connectivity index (χ0v) is 14.6. The summed E-state index contributed by atoms with van der Waals surface area (Å²) in [5.74, 6) is 0.117. The van der Waals surface area contributed by atoms with Crippen LogP contribution in [0.3, 0.4) is 0 Å². The van der Waals surface area contributed by atoms with Crippen molar-refractivity contribution in [3.05, 3.63) is 82.6 Å². The van der Waals surface area contributed by atoms with Gasteiger partial charge in [-0.15, -0.1) is 0 Å². The van der Waals surface area contributed by atoms with Gasteiger partial charge in [0.2, 0.25) is 0 Å². The van der Waals surface area contributed by atoms with Crippen molar-refractivity contribution in [2.45, 2.75) is 13.0 Å². The molecule has 1 aliphatic rings. The van der Waals surface area contributed by atoms with Crippen LogP contribution < -0.4 is 5.56 Å². The van der Waals surface area contributed by atoms with Gasteiger partial charge in [-0.25, -0.2) is 14.6 Å². The summed E-state index contributed by atoms with van der Waals surface area (Å²) in [6, 6.07) is 10.1. The molecule has 8 nitrogen and oxygen atoms in total. The Bertz CT molecular complexity index is 1020. The zero-order valence-electron chi connectivity index (χ0n) is 14.6. The fourth-order valence-electron chi connectivity index (χ4n) is 3.07. The van der Waals surface area contributed by atoms with Gasteiger partial charge in [0.15, 0.2) is 0 Å². The lowest BCUT2D eigenvalue weighted by Crippen LogP contribution is -2.38. The van der Waals surface area contributed by atoms with Crippen molar-refractivity contribution in [3.63, 3.8) is 0 Å². The van der Waals surface area contributed by atoms with Gasteiger partial charge >= 0.3 is 0 Å². The lowest BCUT2D eigenvalue weighted by molar-refractivity contribution is 0.0770. The number of rotatable bonds is 4. The van der Waals surface area contributed by atoms with E-state index in [1.165, 1.54) is 30.0 Å². The number of nitrogens with one attached hydrogen (secondary N) is 1. The lowest BCUT2D eigenvalue weighted by Gasteiger charge is -2.26. The van der Waals surface area contributed by atoms with Crippen LogP contribution in [-0.2, 0) is 6.54 Å². The van der Waals surface area contributed by atoms with Gasteiger partial charge in [0.25, 0.3) is 11.5 Å². The highest BCUT2D eigenvalue weighted by atomic mass is 16.2. The molecule has 0 saturated carbocycles. The molecule has 3 aromatic rings. The zero-order chi connectivity index (χ0) is 18.6. The second-order valence-electron chi connectivity index (χ2n) is 6.26. The molecule has 1 amide bonds. The van der Waals surface area contributed by atoms with Gasteiger partial charge in [-0.2, -0.15) is 5.10 Å². The molecular formula is C19H18N6O2. The van der Waals surface area contributed by atoms with Crippen molar-refractivity contribution in [2.24, 2.45) is 0 Å². The molecule has 0 bridgehead atoms. The molecule has 8 heteroatoms. The first kappa shape index (κ1) is 16.9.